The Kier molecular flexibility index (Phi) is 5.05. The minimum absolute atomic E-state index is 0.129. The third kappa shape index (κ3) is 4.09. The average molecular weight is 265 g/mol. The number of amides is 1. The molecule has 1 unspecified atom stereocenters. The number of methoxy groups -OCH3 is 1. The molecule has 0 fully saturated rings. The van der Waals surface area contributed by atoms with Gasteiger partial charge in [0.15, 0.2) is 6.29 Å². The van der Waals surface area contributed by atoms with E-state index in [-0.39, 0.29) is 23.6 Å². The zero-order chi connectivity index (χ0) is 14.4. The van der Waals surface area contributed by atoms with Crippen molar-refractivity contribution in [2.45, 2.75) is 19.4 Å². The molecule has 2 N–H and O–H groups in total. The van der Waals surface area contributed by atoms with Crippen LogP contribution in [-0.2, 0) is 20.7 Å². The van der Waals surface area contributed by atoms with Gasteiger partial charge in [-0.15, -0.1) is 0 Å². The van der Waals surface area contributed by atoms with Crippen LogP contribution < -0.4 is 5.32 Å². The summed E-state index contributed by atoms with van der Waals surface area (Å²) in [6.45, 7) is 1.30. The molecule has 0 aliphatic rings. The lowest BCUT2D eigenvalue weighted by molar-refractivity contribution is -0.144. The first kappa shape index (κ1) is 14.7. The Morgan fingerprint density at radius 2 is 2.16 bits per heavy atom. The van der Waals surface area contributed by atoms with Crippen LogP contribution in [0.2, 0.25) is 0 Å². The molecule has 1 aromatic rings. The molecule has 1 amide bonds. The molecule has 0 aliphatic heterocycles. The SMILES string of the molecule is COC(=O)C(Cc1ccc(O)c(C=O)c1)NC(C)=O. The summed E-state index contributed by atoms with van der Waals surface area (Å²) in [5, 5.41) is 11.8. The van der Waals surface area contributed by atoms with Crippen LogP contribution in [0.5, 0.6) is 5.75 Å². The number of hydrogen-bond acceptors (Lipinski definition) is 5. The number of nitrogens with one attached hydrogen (secondary N) is 1. The van der Waals surface area contributed by atoms with Gasteiger partial charge in [0.05, 0.1) is 12.7 Å². The molecule has 6 nitrogen and oxygen atoms in total. The fraction of sp³-hybridized carbons (Fsp3) is 0.308. The van der Waals surface area contributed by atoms with Gasteiger partial charge >= 0.3 is 5.97 Å². The number of rotatable bonds is 5. The maximum Gasteiger partial charge on any atom is 0.328 e. The standard InChI is InChI=1S/C13H15NO5/c1-8(16)14-11(13(18)19-2)6-9-3-4-12(17)10(5-9)7-15/h3-5,7,11,17H,6H2,1-2H3,(H,14,16). The van der Waals surface area contributed by atoms with Crippen molar-refractivity contribution in [1.82, 2.24) is 5.32 Å². The van der Waals surface area contributed by atoms with Crippen molar-refractivity contribution in [1.29, 1.82) is 0 Å². The van der Waals surface area contributed by atoms with Crippen molar-refractivity contribution in [3.63, 3.8) is 0 Å². The minimum atomic E-state index is -0.827. The molecule has 1 aromatic carbocycles. The van der Waals surface area contributed by atoms with Crippen LogP contribution in [0.1, 0.15) is 22.8 Å². The van der Waals surface area contributed by atoms with Crippen molar-refractivity contribution >= 4 is 18.2 Å². The number of aldehydes is 1. The molecule has 0 bridgehead atoms. The van der Waals surface area contributed by atoms with Crippen molar-refractivity contribution in [3.8, 4) is 5.75 Å². The number of phenols is 1. The summed E-state index contributed by atoms with van der Waals surface area (Å²) in [6, 6.07) is 3.56. The van der Waals surface area contributed by atoms with Crippen molar-refractivity contribution in [3.05, 3.63) is 29.3 Å². The molecular formula is C13H15NO5. The monoisotopic (exact) mass is 265 g/mol. The molecule has 0 saturated carbocycles. The number of phenolic OH excluding ortho intramolecular Hbond substituents is 1. The van der Waals surface area contributed by atoms with Gasteiger partial charge in [0.2, 0.25) is 5.91 Å². The molecule has 19 heavy (non-hydrogen) atoms. The van der Waals surface area contributed by atoms with Gasteiger partial charge < -0.3 is 15.2 Å². The summed E-state index contributed by atoms with van der Waals surface area (Å²) in [5.41, 5.74) is 0.757. The first-order chi connectivity index (χ1) is 8.97. The predicted molar refractivity (Wildman–Crippen MR) is 66.8 cm³/mol. The average Bonchev–Trinajstić information content (AvgIpc) is 2.38. The molecular weight excluding hydrogens is 250 g/mol. The molecule has 0 saturated heterocycles. The van der Waals surface area contributed by atoms with E-state index in [0.29, 0.717) is 11.8 Å². The first-order valence-corrected chi connectivity index (χ1v) is 5.60. The molecule has 0 aromatic heterocycles. The summed E-state index contributed by atoms with van der Waals surface area (Å²) in [6.07, 6.45) is 0.692. The number of ether oxygens (including phenoxy) is 1. The van der Waals surface area contributed by atoms with Crippen LogP contribution in [0.3, 0.4) is 0 Å². The molecule has 0 radical (unpaired) electrons. The lowest BCUT2D eigenvalue weighted by Gasteiger charge is -2.15. The Morgan fingerprint density at radius 3 is 2.68 bits per heavy atom. The molecule has 1 atom stereocenters. The van der Waals surface area contributed by atoms with Gasteiger partial charge in [-0.2, -0.15) is 0 Å². The van der Waals surface area contributed by atoms with Gasteiger partial charge in [0.25, 0.3) is 0 Å². The summed E-state index contributed by atoms with van der Waals surface area (Å²) < 4.78 is 4.59. The van der Waals surface area contributed by atoms with Crippen LogP contribution in [-0.4, -0.2) is 36.4 Å². The fourth-order valence-corrected chi connectivity index (χ4v) is 1.64. The maximum atomic E-state index is 11.5. The van der Waals surface area contributed by atoms with E-state index in [4.69, 9.17) is 0 Å². The highest BCUT2D eigenvalue weighted by Crippen LogP contribution is 2.17. The normalized spacial score (nSPS) is 11.5. The number of carbonyl (C=O) groups excluding carboxylic acids is 3. The predicted octanol–water partition coefficient (Wildman–Crippen LogP) is 0.425. The molecule has 1 rings (SSSR count). The van der Waals surface area contributed by atoms with E-state index in [1.54, 1.807) is 6.07 Å². The maximum absolute atomic E-state index is 11.5. The molecule has 0 heterocycles. The highest BCUT2D eigenvalue weighted by Gasteiger charge is 2.20. The van der Waals surface area contributed by atoms with Gasteiger partial charge in [-0.25, -0.2) is 4.79 Å². The van der Waals surface area contributed by atoms with E-state index in [0.717, 1.165) is 0 Å². The number of esters is 1. The van der Waals surface area contributed by atoms with Gasteiger partial charge in [-0.3, -0.25) is 9.59 Å². The molecule has 0 aliphatic carbocycles. The van der Waals surface area contributed by atoms with Crippen molar-refractivity contribution in [2.75, 3.05) is 7.11 Å². The lowest BCUT2D eigenvalue weighted by Crippen LogP contribution is -2.42. The summed E-state index contributed by atoms with van der Waals surface area (Å²) in [5.74, 6) is -1.06. The quantitative estimate of drug-likeness (QED) is 0.594. The van der Waals surface area contributed by atoms with Gasteiger partial charge in [-0.05, 0) is 17.7 Å². The van der Waals surface area contributed by atoms with Crippen molar-refractivity contribution < 1.29 is 24.2 Å². The molecule has 6 heteroatoms. The van der Waals surface area contributed by atoms with Crippen LogP contribution in [0, 0.1) is 0 Å². The van der Waals surface area contributed by atoms with Crippen LogP contribution in [0.4, 0.5) is 0 Å². The number of hydrogen-bond donors (Lipinski definition) is 2. The third-order valence-corrected chi connectivity index (χ3v) is 2.52. The topological polar surface area (TPSA) is 92.7 Å². The largest absolute Gasteiger partial charge is 0.507 e. The molecule has 102 valence electrons. The Hall–Kier alpha value is -2.37. The lowest BCUT2D eigenvalue weighted by atomic mass is 10.0. The second-order valence-electron chi connectivity index (χ2n) is 3.99. The van der Waals surface area contributed by atoms with Gasteiger partial charge in [0, 0.05) is 13.3 Å². The van der Waals surface area contributed by atoms with E-state index < -0.39 is 12.0 Å². The van der Waals surface area contributed by atoms with Crippen molar-refractivity contribution in [2.24, 2.45) is 0 Å². The van der Waals surface area contributed by atoms with Crippen LogP contribution >= 0.6 is 0 Å². The van der Waals surface area contributed by atoms with Crippen LogP contribution in [0.15, 0.2) is 18.2 Å². The second-order valence-corrected chi connectivity index (χ2v) is 3.99. The number of benzene rings is 1. The van der Waals surface area contributed by atoms with E-state index in [2.05, 4.69) is 10.1 Å². The highest BCUT2D eigenvalue weighted by atomic mass is 16.5. The number of carbonyl (C=O) groups is 3. The van der Waals surface area contributed by atoms with E-state index in [1.165, 1.54) is 26.2 Å². The Morgan fingerprint density at radius 1 is 1.47 bits per heavy atom. The smallest absolute Gasteiger partial charge is 0.328 e. The Bertz CT molecular complexity index is 498. The van der Waals surface area contributed by atoms with Gasteiger partial charge in [-0.1, -0.05) is 6.07 Å². The second kappa shape index (κ2) is 6.53. The third-order valence-electron chi connectivity index (χ3n) is 2.52. The van der Waals surface area contributed by atoms with E-state index in [9.17, 15) is 19.5 Å². The summed E-state index contributed by atoms with van der Waals surface area (Å²) in [7, 11) is 1.23. The zero-order valence-corrected chi connectivity index (χ0v) is 10.7. The summed E-state index contributed by atoms with van der Waals surface area (Å²) >= 11 is 0. The first-order valence-electron chi connectivity index (χ1n) is 5.60. The van der Waals surface area contributed by atoms with E-state index >= 15 is 0 Å². The highest BCUT2D eigenvalue weighted by molar-refractivity contribution is 5.83. The van der Waals surface area contributed by atoms with Crippen LogP contribution in [0.25, 0.3) is 0 Å². The zero-order valence-electron chi connectivity index (χ0n) is 10.7. The van der Waals surface area contributed by atoms with E-state index in [1.807, 2.05) is 0 Å². The Balaban J connectivity index is 2.92. The fourth-order valence-electron chi connectivity index (χ4n) is 1.64. The minimum Gasteiger partial charge on any atom is -0.507 e. The molecule has 0 spiro atoms. The summed E-state index contributed by atoms with van der Waals surface area (Å²) in [4.78, 5) is 33.3. The number of aromatic hydroxyl groups is 1. The van der Waals surface area contributed by atoms with Gasteiger partial charge in [0.1, 0.15) is 11.8 Å². The Labute approximate surface area is 110 Å².